The fourth-order valence-corrected chi connectivity index (χ4v) is 2.08. The number of aromatic nitrogens is 3. The predicted octanol–water partition coefficient (Wildman–Crippen LogP) is 2.41. The van der Waals surface area contributed by atoms with Crippen molar-refractivity contribution in [2.45, 2.75) is 30.5 Å². The Balaban J connectivity index is 1.92. The first-order valence-electron chi connectivity index (χ1n) is 5.82. The number of carbonyl (C=O) groups is 1. The molecule has 2 rings (SSSR count). The van der Waals surface area contributed by atoms with Gasteiger partial charge >= 0.3 is 5.97 Å². The van der Waals surface area contributed by atoms with E-state index in [4.69, 9.17) is 9.63 Å². The van der Waals surface area contributed by atoms with E-state index >= 15 is 0 Å². The zero-order valence-corrected chi connectivity index (χ0v) is 11.2. The summed E-state index contributed by atoms with van der Waals surface area (Å²) in [6, 6.07) is 3.19. The predicted molar refractivity (Wildman–Crippen MR) is 69.1 cm³/mol. The minimum atomic E-state index is -0.981. The molecule has 0 unspecified atom stereocenters. The lowest BCUT2D eigenvalue weighted by atomic mass is 10.3. The number of nitrogens with zero attached hydrogens (tertiary/aromatic N) is 3. The topological polar surface area (TPSA) is 89.1 Å². The lowest BCUT2D eigenvalue weighted by Crippen LogP contribution is -1.96. The van der Waals surface area contributed by atoms with Crippen molar-refractivity contribution in [1.29, 1.82) is 0 Å². The molecule has 0 aliphatic heterocycles. The summed E-state index contributed by atoms with van der Waals surface area (Å²) in [5.41, 5.74) is 0.173. The monoisotopic (exact) mass is 279 g/mol. The van der Waals surface area contributed by atoms with Crippen molar-refractivity contribution >= 4 is 17.7 Å². The van der Waals surface area contributed by atoms with Crippen molar-refractivity contribution in [2.75, 3.05) is 0 Å². The quantitative estimate of drug-likeness (QED) is 0.812. The van der Waals surface area contributed by atoms with Gasteiger partial charge in [0.2, 0.25) is 5.89 Å². The standard InChI is InChI=1S/C12H13N3O3S/c1-2-3-9-14-10(18-15-9)7-19-11-5-4-8(6-13-11)12(16)17/h4-6H,2-3,7H2,1H3,(H,16,17). The van der Waals surface area contributed by atoms with Crippen molar-refractivity contribution in [1.82, 2.24) is 15.1 Å². The molecule has 0 aliphatic rings. The van der Waals surface area contributed by atoms with E-state index in [1.54, 1.807) is 6.07 Å². The summed E-state index contributed by atoms with van der Waals surface area (Å²) < 4.78 is 5.10. The second-order valence-corrected chi connectivity index (χ2v) is 4.83. The van der Waals surface area contributed by atoms with Gasteiger partial charge in [-0.05, 0) is 18.6 Å². The van der Waals surface area contributed by atoms with Crippen LogP contribution in [-0.4, -0.2) is 26.2 Å². The van der Waals surface area contributed by atoms with Gasteiger partial charge in [0.15, 0.2) is 5.82 Å². The molecule has 2 heterocycles. The Kier molecular flexibility index (Phi) is 4.51. The average molecular weight is 279 g/mol. The number of carboxylic acids is 1. The highest BCUT2D eigenvalue weighted by molar-refractivity contribution is 7.98. The number of pyridine rings is 1. The normalized spacial score (nSPS) is 10.6. The molecule has 100 valence electrons. The van der Waals surface area contributed by atoms with E-state index in [0.717, 1.165) is 17.9 Å². The van der Waals surface area contributed by atoms with Crippen LogP contribution in [0.2, 0.25) is 0 Å². The van der Waals surface area contributed by atoms with Crippen LogP contribution in [0.5, 0.6) is 0 Å². The molecule has 1 N–H and O–H groups in total. The summed E-state index contributed by atoms with van der Waals surface area (Å²) in [5.74, 6) is 0.811. The molecule has 6 nitrogen and oxygen atoms in total. The Labute approximate surface area is 114 Å². The van der Waals surface area contributed by atoms with Crippen LogP contribution in [0.4, 0.5) is 0 Å². The maximum Gasteiger partial charge on any atom is 0.337 e. The maximum absolute atomic E-state index is 10.7. The van der Waals surface area contributed by atoms with Crippen molar-refractivity contribution in [3.8, 4) is 0 Å². The Morgan fingerprint density at radius 1 is 1.47 bits per heavy atom. The molecule has 0 spiro atoms. The van der Waals surface area contributed by atoms with Crippen molar-refractivity contribution < 1.29 is 14.4 Å². The van der Waals surface area contributed by atoms with Crippen LogP contribution in [0.15, 0.2) is 27.9 Å². The van der Waals surface area contributed by atoms with Gasteiger partial charge in [-0.2, -0.15) is 4.98 Å². The summed E-state index contributed by atoms with van der Waals surface area (Å²) in [5, 5.41) is 13.3. The van der Waals surface area contributed by atoms with E-state index in [0.29, 0.717) is 17.5 Å². The lowest BCUT2D eigenvalue weighted by molar-refractivity contribution is 0.0696. The number of hydrogen-bond donors (Lipinski definition) is 1. The number of hydrogen-bond acceptors (Lipinski definition) is 6. The van der Waals surface area contributed by atoms with E-state index < -0.39 is 5.97 Å². The molecule has 0 aromatic carbocycles. The summed E-state index contributed by atoms with van der Waals surface area (Å²) in [7, 11) is 0. The number of aromatic carboxylic acids is 1. The van der Waals surface area contributed by atoms with Crippen LogP contribution in [0.25, 0.3) is 0 Å². The molecule has 7 heteroatoms. The highest BCUT2D eigenvalue weighted by Gasteiger charge is 2.07. The maximum atomic E-state index is 10.7. The van der Waals surface area contributed by atoms with Crippen LogP contribution < -0.4 is 0 Å². The van der Waals surface area contributed by atoms with Gasteiger partial charge < -0.3 is 9.63 Å². The Hall–Kier alpha value is -1.89. The van der Waals surface area contributed by atoms with Gasteiger partial charge in [0, 0.05) is 12.6 Å². The van der Waals surface area contributed by atoms with Crippen molar-refractivity contribution in [2.24, 2.45) is 0 Å². The highest BCUT2D eigenvalue weighted by atomic mass is 32.2. The van der Waals surface area contributed by atoms with E-state index in [1.165, 1.54) is 24.0 Å². The molecule has 0 atom stereocenters. The van der Waals surface area contributed by atoms with Crippen LogP contribution in [0.1, 0.15) is 35.4 Å². The first kappa shape index (κ1) is 13.5. The molecule has 19 heavy (non-hydrogen) atoms. The average Bonchev–Trinajstić information content (AvgIpc) is 2.85. The molecule has 2 aromatic rings. The third-order valence-corrected chi connectivity index (χ3v) is 3.24. The SMILES string of the molecule is CCCc1noc(CSc2ccc(C(=O)O)cn2)n1. The molecule has 0 saturated carbocycles. The Bertz CT molecular complexity index is 554. The third kappa shape index (κ3) is 3.78. The van der Waals surface area contributed by atoms with Crippen LogP contribution in [0.3, 0.4) is 0 Å². The molecular weight excluding hydrogens is 266 g/mol. The van der Waals surface area contributed by atoms with Crippen molar-refractivity contribution in [3.05, 3.63) is 35.6 Å². The zero-order valence-electron chi connectivity index (χ0n) is 10.4. The molecule has 0 saturated heterocycles. The molecule has 0 aliphatic carbocycles. The number of aryl methyl sites for hydroxylation is 1. The molecular formula is C12H13N3O3S. The highest BCUT2D eigenvalue weighted by Crippen LogP contribution is 2.20. The van der Waals surface area contributed by atoms with Gasteiger partial charge in [-0.3, -0.25) is 0 Å². The minimum Gasteiger partial charge on any atom is -0.478 e. The third-order valence-electron chi connectivity index (χ3n) is 2.31. The second-order valence-electron chi connectivity index (χ2n) is 3.83. The van der Waals surface area contributed by atoms with E-state index in [1.807, 2.05) is 0 Å². The van der Waals surface area contributed by atoms with Gasteiger partial charge in [0.1, 0.15) is 0 Å². The van der Waals surface area contributed by atoms with Gasteiger partial charge in [-0.25, -0.2) is 9.78 Å². The first-order valence-corrected chi connectivity index (χ1v) is 6.81. The van der Waals surface area contributed by atoms with Crippen LogP contribution >= 0.6 is 11.8 Å². The molecule has 0 radical (unpaired) electrons. The fraction of sp³-hybridized carbons (Fsp3) is 0.333. The smallest absolute Gasteiger partial charge is 0.337 e. The van der Waals surface area contributed by atoms with Gasteiger partial charge in [-0.1, -0.05) is 23.8 Å². The number of carboxylic acid groups (broad SMARTS) is 1. The fourth-order valence-electron chi connectivity index (χ4n) is 1.40. The van der Waals surface area contributed by atoms with Gasteiger partial charge in [-0.15, -0.1) is 0 Å². The summed E-state index contributed by atoms with van der Waals surface area (Å²) in [6.07, 6.45) is 3.12. The Morgan fingerprint density at radius 3 is 2.95 bits per heavy atom. The molecule has 0 fully saturated rings. The summed E-state index contributed by atoms with van der Waals surface area (Å²) in [6.45, 7) is 2.05. The Morgan fingerprint density at radius 2 is 2.32 bits per heavy atom. The van der Waals surface area contributed by atoms with Crippen molar-refractivity contribution in [3.63, 3.8) is 0 Å². The molecule has 2 aromatic heterocycles. The largest absolute Gasteiger partial charge is 0.478 e. The van der Waals surface area contributed by atoms with Gasteiger partial charge in [0.25, 0.3) is 0 Å². The number of thioether (sulfide) groups is 1. The molecule has 0 bridgehead atoms. The lowest BCUT2D eigenvalue weighted by Gasteiger charge is -1.98. The molecule has 0 amide bonds. The summed E-state index contributed by atoms with van der Waals surface area (Å²) in [4.78, 5) is 19.0. The van der Waals surface area contributed by atoms with E-state index in [9.17, 15) is 4.79 Å². The van der Waals surface area contributed by atoms with Gasteiger partial charge in [0.05, 0.1) is 16.3 Å². The summed E-state index contributed by atoms with van der Waals surface area (Å²) >= 11 is 1.43. The second kappa shape index (κ2) is 6.33. The zero-order chi connectivity index (χ0) is 13.7. The first-order chi connectivity index (χ1) is 9.19. The van der Waals surface area contributed by atoms with Crippen LogP contribution in [0, 0.1) is 0 Å². The van der Waals surface area contributed by atoms with E-state index in [2.05, 4.69) is 22.0 Å². The minimum absolute atomic E-state index is 0.173. The van der Waals surface area contributed by atoms with Crippen LogP contribution in [-0.2, 0) is 12.2 Å². The number of rotatable bonds is 6. The van der Waals surface area contributed by atoms with E-state index in [-0.39, 0.29) is 5.56 Å².